The van der Waals surface area contributed by atoms with E-state index < -0.39 is 9.84 Å². The molecule has 2 saturated heterocycles. The van der Waals surface area contributed by atoms with Crippen LogP contribution in [0.25, 0.3) is 0 Å². The molecule has 0 aliphatic carbocycles. The summed E-state index contributed by atoms with van der Waals surface area (Å²) in [6.07, 6.45) is 2.07. The Bertz CT molecular complexity index is 654. The van der Waals surface area contributed by atoms with Crippen molar-refractivity contribution in [2.75, 3.05) is 42.6 Å². The Morgan fingerprint density at radius 3 is 2.50 bits per heavy atom. The first kappa shape index (κ1) is 15.6. The molecule has 6 nitrogen and oxygen atoms in total. The molecule has 8 heteroatoms. The lowest BCUT2D eigenvalue weighted by molar-refractivity contribution is -0.135. The monoisotopic (exact) mass is 343 g/mol. The zero-order valence-electron chi connectivity index (χ0n) is 12.1. The van der Waals surface area contributed by atoms with Gasteiger partial charge >= 0.3 is 0 Å². The van der Waals surface area contributed by atoms with Crippen molar-refractivity contribution >= 4 is 33.2 Å². The van der Waals surface area contributed by atoms with Gasteiger partial charge in [0.1, 0.15) is 5.82 Å². The van der Waals surface area contributed by atoms with E-state index in [9.17, 15) is 13.2 Å². The van der Waals surface area contributed by atoms with Crippen LogP contribution in [0.4, 0.5) is 5.82 Å². The van der Waals surface area contributed by atoms with Crippen LogP contribution >= 0.6 is 11.6 Å². The highest BCUT2D eigenvalue weighted by molar-refractivity contribution is 7.91. The van der Waals surface area contributed by atoms with Crippen molar-refractivity contribution in [3.63, 3.8) is 0 Å². The molecule has 2 aliphatic rings. The van der Waals surface area contributed by atoms with Gasteiger partial charge in [0.25, 0.3) is 0 Å². The molecule has 1 atom stereocenters. The maximum absolute atomic E-state index is 12.4. The highest BCUT2D eigenvalue weighted by Gasteiger charge is 2.36. The first-order valence-corrected chi connectivity index (χ1v) is 9.50. The molecule has 0 N–H and O–H groups in total. The summed E-state index contributed by atoms with van der Waals surface area (Å²) < 4.78 is 23.0. The molecule has 120 valence electrons. The van der Waals surface area contributed by atoms with Crippen LogP contribution in [0.3, 0.4) is 0 Å². The number of aromatic nitrogens is 1. The molecular weight excluding hydrogens is 326 g/mol. The van der Waals surface area contributed by atoms with Crippen molar-refractivity contribution < 1.29 is 13.2 Å². The number of carbonyl (C=O) groups is 1. The van der Waals surface area contributed by atoms with Gasteiger partial charge in [0.05, 0.1) is 22.4 Å². The number of nitrogens with zero attached hydrogens (tertiary/aromatic N) is 3. The maximum atomic E-state index is 12.4. The first-order valence-electron chi connectivity index (χ1n) is 7.30. The SMILES string of the molecule is O=C(C1CCS(=O)(=O)C1)N1CCN(c2ccc(Cl)cn2)CC1. The van der Waals surface area contributed by atoms with Gasteiger partial charge in [0.15, 0.2) is 9.84 Å². The maximum Gasteiger partial charge on any atom is 0.226 e. The van der Waals surface area contributed by atoms with Gasteiger partial charge in [-0.2, -0.15) is 0 Å². The lowest BCUT2D eigenvalue weighted by atomic mass is 10.1. The number of pyridine rings is 1. The fourth-order valence-corrected chi connectivity index (χ4v) is 4.80. The lowest BCUT2D eigenvalue weighted by Gasteiger charge is -2.36. The molecule has 2 aliphatic heterocycles. The van der Waals surface area contributed by atoms with E-state index >= 15 is 0 Å². The van der Waals surface area contributed by atoms with Gasteiger partial charge in [-0.05, 0) is 18.6 Å². The summed E-state index contributed by atoms with van der Waals surface area (Å²) in [6.45, 7) is 2.58. The second kappa shape index (κ2) is 6.04. The molecule has 0 aromatic carbocycles. The molecule has 22 heavy (non-hydrogen) atoms. The van der Waals surface area contributed by atoms with Gasteiger partial charge in [-0.3, -0.25) is 4.79 Å². The normalized spacial score (nSPS) is 24.5. The van der Waals surface area contributed by atoms with Crippen molar-refractivity contribution in [2.24, 2.45) is 5.92 Å². The number of rotatable bonds is 2. The van der Waals surface area contributed by atoms with Gasteiger partial charge in [-0.15, -0.1) is 0 Å². The Morgan fingerprint density at radius 1 is 1.23 bits per heavy atom. The fraction of sp³-hybridized carbons (Fsp3) is 0.571. The Kier molecular flexibility index (Phi) is 4.27. The number of piperazine rings is 1. The van der Waals surface area contributed by atoms with E-state index in [0.29, 0.717) is 37.6 Å². The molecule has 3 heterocycles. The van der Waals surface area contributed by atoms with Crippen LogP contribution in [-0.4, -0.2) is 61.9 Å². The molecule has 0 saturated carbocycles. The Morgan fingerprint density at radius 2 is 1.95 bits per heavy atom. The van der Waals surface area contributed by atoms with E-state index in [2.05, 4.69) is 9.88 Å². The van der Waals surface area contributed by atoms with E-state index in [0.717, 1.165) is 5.82 Å². The third-order valence-corrected chi connectivity index (χ3v) is 6.20. The van der Waals surface area contributed by atoms with Gasteiger partial charge in [-0.1, -0.05) is 11.6 Å². The largest absolute Gasteiger partial charge is 0.353 e. The molecule has 0 radical (unpaired) electrons. The highest BCUT2D eigenvalue weighted by atomic mass is 35.5. The smallest absolute Gasteiger partial charge is 0.226 e. The summed E-state index contributed by atoms with van der Waals surface area (Å²) in [5, 5.41) is 0.597. The van der Waals surface area contributed by atoms with E-state index in [1.165, 1.54) is 0 Å². The van der Waals surface area contributed by atoms with Gasteiger partial charge < -0.3 is 9.80 Å². The number of hydrogen-bond donors (Lipinski definition) is 0. The first-order chi connectivity index (χ1) is 10.4. The van der Waals surface area contributed by atoms with Gasteiger partial charge in [0, 0.05) is 32.4 Å². The number of carbonyl (C=O) groups excluding carboxylic acids is 1. The molecule has 1 unspecified atom stereocenters. The molecule has 0 bridgehead atoms. The quantitative estimate of drug-likeness (QED) is 0.795. The molecule has 1 aromatic rings. The topological polar surface area (TPSA) is 70.6 Å². The standard InChI is InChI=1S/C14H18ClN3O3S/c15-12-1-2-13(16-9-12)17-4-6-18(7-5-17)14(19)11-3-8-22(20,21)10-11/h1-2,9,11H,3-8,10H2. The molecule has 1 aromatic heterocycles. The van der Waals surface area contributed by atoms with Crippen LogP contribution in [0, 0.1) is 5.92 Å². The van der Waals surface area contributed by atoms with Crippen molar-refractivity contribution in [3.8, 4) is 0 Å². The number of sulfone groups is 1. The number of hydrogen-bond acceptors (Lipinski definition) is 5. The van der Waals surface area contributed by atoms with Crippen molar-refractivity contribution in [3.05, 3.63) is 23.4 Å². The predicted molar refractivity (Wildman–Crippen MR) is 84.8 cm³/mol. The van der Waals surface area contributed by atoms with Gasteiger partial charge in [-0.25, -0.2) is 13.4 Å². The van der Waals surface area contributed by atoms with Crippen LogP contribution < -0.4 is 4.90 Å². The van der Waals surface area contributed by atoms with Crippen LogP contribution in [-0.2, 0) is 14.6 Å². The Hall–Kier alpha value is -1.34. The van der Waals surface area contributed by atoms with Crippen LogP contribution in [0.5, 0.6) is 0 Å². The van der Waals surface area contributed by atoms with E-state index in [-0.39, 0.29) is 23.3 Å². The van der Waals surface area contributed by atoms with Gasteiger partial charge in [0.2, 0.25) is 5.91 Å². The molecule has 1 amide bonds. The van der Waals surface area contributed by atoms with E-state index in [1.807, 2.05) is 6.07 Å². The lowest BCUT2D eigenvalue weighted by Crippen LogP contribution is -2.50. The van der Waals surface area contributed by atoms with Crippen LogP contribution in [0.1, 0.15) is 6.42 Å². The van der Waals surface area contributed by atoms with Crippen molar-refractivity contribution in [2.45, 2.75) is 6.42 Å². The minimum atomic E-state index is -3.02. The average Bonchev–Trinajstić information content (AvgIpc) is 2.88. The van der Waals surface area contributed by atoms with Crippen molar-refractivity contribution in [1.29, 1.82) is 0 Å². The minimum absolute atomic E-state index is 0.00475. The summed E-state index contributed by atoms with van der Waals surface area (Å²) in [4.78, 5) is 20.5. The van der Waals surface area contributed by atoms with Crippen LogP contribution in [0.2, 0.25) is 5.02 Å². The van der Waals surface area contributed by atoms with E-state index in [4.69, 9.17) is 11.6 Å². The molecule has 0 spiro atoms. The Labute approximate surface area is 135 Å². The average molecular weight is 344 g/mol. The summed E-state index contributed by atoms with van der Waals surface area (Å²) >= 11 is 5.83. The van der Waals surface area contributed by atoms with Crippen LogP contribution in [0.15, 0.2) is 18.3 Å². The number of amides is 1. The summed E-state index contributed by atoms with van der Waals surface area (Å²) in [6, 6.07) is 3.66. The second-order valence-electron chi connectivity index (χ2n) is 5.75. The third-order valence-electron chi connectivity index (χ3n) is 4.21. The Balaban J connectivity index is 1.57. The molecular formula is C14H18ClN3O3S. The summed E-state index contributed by atoms with van der Waals surface area (Å²) in [7, 11) is -3.02. The number of halogens is 1. The zero-order valence-corrected chi connectivity index (χ0v) is 13.7. The van der Waals surface area contributed by atoms with Crippen molar-refractivity contribution in [1.82, 2.24) is 9.88 Å². The molecule has 2 fully saturated rings. The predicted octanol–water partition coefficient (Wildman–Crippen LogP) is 0.818. The third kappa shape index (κ3) is 3.35. The summed E-state index contributed by atoms with van der Waals surface area (Å²) in [5.74, 6) is 0.609. The van der Waals surface area contributed by atoms with E-state index in [1.54, 1.807) is 17.2 Å². The summed E-state index contributed by atoms with van der Waals surface area (Å²) in [5.41, 5.74) is 0. The highest BCUT2D eigenvalue weighted by Crippen LogP contribution is 2.22. The fourth-order valence-electron chi connectivity index (χ4n) is 2.96. The number of anilines is 1. The zero-order chi connectivity index (χ0) is 15.7. The molecule has 3 rings (SSSR count). The minimum Gasteiger partial charge on any atom is -0.353 e. The second-order valence-corrected chi connectivity index (χ2v) is 8.41.